The highest BCUT2D eigenvalue weighted by Gasteiger charge is 2.24. The molecule has 3 heterocycles. The molecule has 6 nitrogen and oxygen atoms in total. The van der Waals surface area contributed by atoms with Crippen molar-refractivity contribution in [2.24, 2.45) is 0 Å². The number of thiazole rings is 1. The third kappa shape index (κ3) is 3.93. The number of aryl methyl sites for hydroxylation is 1. The van der Waals surface area contributed by atoms with Gasteiger partial charge in [0.15, 0.2) is 5.13 Å². The SMILES string of the molecule is Cc1cccc(CC(=O)N2CCc3nc(NC(=O)c4ccoc4)sc3C2)c1. The van der Waals surface area contributed by atoms with Gasteiger partial charge in [0, 0.05) is 17.8 Å². The number of benzene rings is 1. The average molecular weight is 381 g/mol. The smallest absolute Gasteiger partial charge is 0.260 e. The Hall–Kier alpha value is -2.93. The van der Waals surface area contributed by atoms with E-state index >= 15 is 0 Å². The molecule has 0 bridgehead atoms. The van der Waals surface area contributed by atoms with E-state index in [0.29, 0.717) is 36.6 Å². The molecule has 2 amide bonds. The molecule has 138 valence electrons. The Bertz CT molecular complexity index is 978. The standard InChI is InChI=1S/C20H19N3O3S/c1-13-3-2-4-14(9-13)10-18(24)23-7-5-16-17(11-23)27-20(21-16)22-19(25)15-6-8-26-12-15/h2-4,6,8-9,12H,5,7,10-11H2,1H3,(H,21,22,25). The minimum absolute atomic E-state index is 0.114. The van der Waals surface area contributed by atoms with Crippen LogP contribution in [0, 0.1) is 6.92 Å². The maximum atomic E-state index is 12.7. The Morgan fingerprint density at radius 2 is 2.22 bits per heavy atom. The molecule has 1 aliphatic rings. The third-order valence-electron chi connectivity index (χ3n) is 4.53. The second-order valence-electron chi connectivity index (χ2n) is 6.59. The van der Waals surface area contributed by atoms with Crippen LogP contribution in [0.15, 0.2) is 47.3 Å². The maximum Gasteiger partial charge on any atom is 0.260 e. The first-order valence-electron chi connectivity index (χ1n) is 8.74. The quantitative estimate of drug-likeness (QED) is 0.751. The number of aromatic nitrogens is 1. The number of carbonyl (C=O) groups is 2. The second-order valence-corrected chi connectivity index (χ2v) is 7.67. The number of anilines is 1. The molecular formula is C20H19N3O3S. The number of rotatable bonds is 4. The number of hydrogen-bond donors (Lipinski definition) is 1. The Labute approximate surface area is 160 Å². The average Bonchev–Trinajstić information content (AvgIpc) is 3.30. The first-order chi connectivity index (χ1) is 13.1. The van der Waals surface area contributed by atoms with Crippen molar-refractivity contribution in [3.05, 3.63) is 70.1 Å². The van der Waals surface area contributed by atoms with Crippen LogP contribution >= 0.6 is 11.3 Å². The molecule has 0 aliphatic carbocycles. The molecule has 3 aromatic rings. The summed E-state index contributed by atoms with van der Waals surface area (Å²) in [6, 6.07) is 9.64. The number of amides is 2. The van der Waals surface area contributed by atoms with Gasteiger partial charge in [0.25, 0.3) is 5.91 Å². The van der Waals surface area contributed by atoms with E-state index in [0.717, 1.165) is 21.7 Å². The molecule has 0 spiro atoms. The van der Waals surface area contributed by atoms with Crippen molar-refractivity contribution in [3.8, 4) is 0 Å². The molecule has 7 heteroatoms. The first kappa shape index (κ1) is 17.5. The maximum absolute atomic E-state index is 12.7. The number of nitrogens with zero attached hydrogens (tertiary/aromatic N) is 2. The minimum atomic E-state index is -0.248. The van der Waals surface area contributed by atoms with Crippen molar-refractivity contribution in [2.45, 2.75) is 26.3 Å². The van der Waals surface area contributed by atoms with Gasteiger partial charge < -0.3 is 9.32 Å². The van der Waals surface area contributed by atoms with Crippen molar-refractivity contribution in [1.29, 1.82) is 0 Å². The van der Waals surface area contributed by atoms with Crippen molar-refractivity contribution in [2.75, 3.05) is 11.9 Å². The molecule has 27 heavy (non-hydrogen) atoms. The predicted molar refractivity (Wildman–Crippen MR) is 103 cm³/mol. The predicted octanol–water partition coefficient (Wildman–Crippen LogP) is 3.42. The van der Waals surface area contributed by atoms with E-state index in [4.69, 9.17) is 4.42 Å². The van der Waals surface area contributed by atoms with E-state index in [1.54, 1.807) is 6.07 Å². The van der Waals surface area contributed by atoms with Crippen LogP contribution in [0.25, 0.3) is 0 Å². The Morgan fingerprint density at radius 3 is 3.00 bits per heavy atom. The number of nitrogens with one attached hydrogen (secondary N) is 1. The van der Waals surface area contributed by atoms with Crippen molar-refractivity contribution < 1.29 is 14.0 Å². The highest BCUT2D eigenvalue weighted by molar-refractivity contribution is 7.15. The first-order valence-corrected chi connectivity index (χ1v) is 9.55. The summed E-state index contributed by atoms with van der Waals surface area (Å²) in [5, 5.41) is 3.35. The van der Waals surface area contributed by atoms with Gasteiger partial charge in [-0.15, -0.1) is 0 Å². The summed E-state index contributed by atoms with van der Waals surface area (Å²) < 4.78 is 4.93. The second kappa shape index (κ2) is 7.36. The Balaban J connectivity index is 1.41. The lowest BCUT2D eigenvalue weighted by Crippen LogP contribution is -2.36. The molecule has 0 fully saturated rings. The summed E-state index contributed by atoms with van der Waals surface area (Å²) >= 11 is 1.42. The molecule has 0 radical (unpaired) electrons. The fourth-order valence-corrected chi connectivity index (χ4v) is 4.15. The van der Waals surface area contributed by atoms with Crippen LogP contribution in [-0.4, -0.2) is 28.2 Å². The van der Waals surface area contributed by atoms with E-state index in [-0.39, 0.29) is 11.8 Å². The van der Waals surface area contributed by atoms with Gasteiger partial charge in [0.05, 0.1) is 30.5 Å². The molecule has 1 aliphatic heterocycles. The lowest BCUT2D eigenvalue weighted by Gasteiger charge is -2.26. The van der Waals surface area contributed by atoms with Crippen LogP contribution in [0.4, 0.5) is 5.13 Å². The van der Waals surface area contributed by atoms with E-state index in [1.165, 1.54) is 23.9 Å². The van der Waals surface area contributed by atoms with Gasteiger partial charge in [0.1, 0.15) is 6.26 Å². The number of carbonyl (C=O) groups excluding carboxylic acids is 2. The molecule has 2 aromatic heterocycles. The van der Waals surface area contributed by atoms with Crippen LogP contribution in [0.2, 0.25) is 0 Å². The molecule has 1 aromatic carbocycles. The van der Waals surface area contributed by atoms with E-state index < -0.39 is 0 Å². The van der Waals surface area contributed by atoms with Gasteiger partial charge >= 0.3 is 0 Å². The zero-order valence-corrected chi connectivity index (χ0v) is 15.7. The van der Waals surface area contributed by atoms with Crippen LogP contribution < -0.4 is 5.32 Å². The molecule has 0 saturated carbocycles. The molecule has 4 rings (SSSR count). The minimum Gasteiger partial charge on any atom is -0.472 e. The fourth-order valence-electron chi connectivity index (χ4n) is 3.13. The molecule has 0 unspecified atom stereocenters. The van der Waals surface area contributed by atoms with Crippen LogP contribution in [-0.2, 0) is 24.2 Å². The largest absolute Gasteiger partial charge is 0.472 e. The summed E-state index contributed by atoms with van der Waals surface area (Å²) in [7, 11) is 0. The lowest BCUT2D eigenvalue weighted by molar-refractivity contribution is -0.131. The van der Waals surface area contributed by atoms with Gasteiger partial charge in [-0.2, -0.15) is 0 Å². The monoisotopic (exact) mass is 381 g/mol. The zero-order chi connectivity index (χ0) is 18.8. The summed E-state index contributed by atoms with van der Waals surface area (Å²) in [6.07, 6.45) is 3.96. The van der Waals surface area contributed by atoms with Crippen LogP contribution in [0.5, 0.6) is 0 Å². The Morgan fingerprint density at radius 1 is 1.33 bits per heavy atom. The highest BCUT2D eigenvalue weighted by atomic mass is 32.1. The van der Waals surface area contributed by atoms with Gasteiger partial charge in [0.2, 0.25) is 5.91 Å². The van der Waals surface area contributed by atoms with Crippen LogP contribution in [0.1, 0.15) is 32.1 Å². The third-order valence-corrected chi connectivity index (χ3v) is 5.52. The molecular weight excluding hydrogens is 362 g/mol. The molecule has 0 atom stereocenters. The highest BCUT2D eigenvalue weighted by Crippen LogP contribution is 2.29. The van der Waals surface area contributed by atoms with E-state index in [2.05, 4.69) is 10.3 Å². The van der Waals surface area contributed by atoms with Crippen molar-refractivity contribution in [1.82, 2.24) is 9.88 Å². The summed E-state index contributed by atoms with van der Waals surface area (Å²) in [6.45, 7) is 3.22. The number of furan rings is 1. The molecule has 1 N–H and O–H groups in total. The van der Waals surface area contributed by atoms with Crippen LogP contribution in [0.3, 0.4) is 0 Å². The normalized spacial score (nSPS) is 13.3. The number of fused-ring (bicyclic) bond motifs is 1. The van der Waals surface area contributed by atoms with Gasteiger partial charge in [-0.25, -0.2) is 4.98 Å². The summed E-state index contributed by atoms with van der Waals surface area (Å²) in [5.41, 5.74) is 3.60. The molecule has 0 saturated heterocycles. The number of hydrogen-bond acceptors (Lipinski definition) is 5. The summed E-state index contributed by atoms with van der Waals surface area (Å²) in [5.74, 6) is -0.133. The summed E-state index contributed by atoms with van der Waals surface area (Å²) in [4.78, 5) is 32.2. The topological polar surface area (TPSA) is 75.4 Å². The van der Waals surface area contributed by atoms with Crippen molar-refractivity contribution in [3.63, 3.8) is 0 Å². The van der Waals surface area contributed by atoms with E-state index in [9.17, 15) is 9.59 Å². The van der Waals surface area contributed by atoms with Gasteiger partial charge in [-0.3, -0.25) is 14.9 Å². The van der Waals surface area contributed by atoms with Gasteiger partial charge in [-0.1, -0.05) is 41.2 Å². The van der Waals surface area contributed by atoms with Gasteiger partial charge in [-0.05, 0) is 18.6 Å². The van der Waals surface area contributed by atoms with E-state index in [1.807, 2.05) is 36.1 Å². The zero-order valence-electron chi connectivity index (χ0n) is 14.9. The van der Waals surface area contributed by atoms with Crippen molar-refractivity contribution >= 4 is 28.3 Å². The fraction of sp³-hybridized carbons (Fsp3) is 0.250. The lowest BCUT2D eigenvalue weighted by atomic mass is 10.1. The Kier molecular flexibility index (Phi) is 4.77.